The highest BCUT2D eigenvalue weighted by Gasteiger charge is 2.13. The summed E-state index contributed by atoms with van der Waals surface area (Å²) in [6, 6.07) is 7.78. The molecule has 0 spiro atoms. The van der Waals surface area contributed by atoms with E-state index in [4.69, 9.17) is 0 Å². The van der Waals surface area contributed by atoms with Crippen molar-refractivity contribution in [2.24, 2.45) is 0 Å². The van der Waals surface area contributed by atoms with Gasteiger partial charge in [0.05, 0.1) is 5.56 Å². The molecule has 5 heteroatoms. The van der Waals surface area contributed by atoms with Crippen LogP contribution in [0.15, 0.2) is 29.2 Å². The molecule has 1 amide bonds. The molecule has 1 aromatic rings. The summed E-state index contributed by atoms with van der Waals surface area (Å²) in [7, 11) is 2.18. The maximum Gasteiger partial charge on any atom is 0.252 e. The molecule has 0 unspecified atom stereocenters. The molecule has 1 fully saturated rings. The van der Waals surface area contributed by atoms with Crippen molar-refractivity contribution in [3.05, 3.63) is 29.8 Å². The predicted octanol–water partition coefficient (Wildman–Crippen LogP) is 2.17. The number of benzene rings is 1. The number of carbonyl (C=O) groups excluding carboxylic acids is 1. The van der Waals surface area contributed by atoms with Gasteiger partial charge in [-0.3, -0.25) is 4.79 Å². The average molecular weight is 321 g/mol. The van der Waals surface area contributed by atoms with E-state index in [0.717, 1.165) is 36.4 Å². The summed E-state index contributed by atoms with van der Waals surface area (Å²) >= 11 is 1.61. The molecule has 2 rings (SSSR count). The lowest BCUT2D eigenvalue weighted by atomic mass is 10.2. The topological polar surface area (TPSA) is 35.6 Å². The first-order valence-corrected chi connectivity index (χ1v) is 9.25. The van der Waals surface area contributed by atoms with Crippen LogP contribution in [0.2, 0.25) is 0 Å². The number of nitrogens with one attached hydrogen (secondary N) is 1. The lowest BCUT2D eigenvalue weighted by molar-refractivity contribution is 0.0949. The molecule has 22 heavy (non-hydrogen) atoms. The molecule has 1 saturated heterocycles. The lowest BCUT2D eigenvalue weighted by Gasteiger charge is -2.32. The van der Waals surface area contributed by atoms with Crippen molar-refractivity contribution < 1.29 is 4.79 Å². The van der Waals surface area contributed by atoms with E-state index in [0.29, 0.717) is 0 Å². The maximum atomic E-state index is 12.2. The first-order chi connectivity index (χ1) is 10.7. The van der Waals surface area contributed by atoms with Crippen LogP contribution in [0.25, 0.3) is 0 Å². The van der Waals surface area contributed by atoms with Crippen molar-refractivity contribution in [1.29, 1.82) is 0 Å². The Hall–Kier alpha value is -1.04. The molecule has 0 saturated carbocycles. The van der Waals surface area contributed by atoms with Crippen LogP contribution in [0.3, 0.4) is 0 Å². The predicted molar refractivity (Wildman–Crippen MR) is 93.7 cm³/mol. The average Bonchev–Trinajstić information content (AvgIpc) is 2.56. The first-order valence-electron chi connectivity index (χ1n) is 8.03. The summed E-state index contributed by atoms with van der Waals surface area (Å²) in [6.07, 6.45) is 4.19. The fourth-order valence-electron chi connectivity index (χ4n) is 2.66. The molecule has 0 aromatic heterocycles. The Morgan fingerprint density at radius 1 is 1.18 bits per heavy atom. The van der Waals surface area contributed by atoms with Gasteiger partial charge in [0.15, 0.2) is 0 Å². The highest BCUT2D eigenvalue weighted by molar-refractivity contribution is 7.98. The number of nitrogens with zero attached hydrogens (tertiary/aromatic N) is 2. The number of likely N-dealkylation sites (N-methyl/N-ethyl adjacent to an activating group) is 1. The van der Waals surface area contributed by atoms with Crippen molar-refractivity contribution in [3.63, 3.8) is 0 Å². The maximum absolute atomic E-state index is 12.2. The fraction of sp³-hybridized carbons (Fsp3) is 0.588. The van der Waals surface area contributed by atoms with Gasteiger partial charge >= 0.3 is 0 Å². The van der Waals surface area contributed by atoms with E-state index in [9.17, 15) is 4.79 Å². The van der Waals surface area contributed by atoms with Crippen LogP contribution in [-0.2, 0) is 0 Å². The van der Waals surface area contributed by atoms with Crippen molar-refractivity contribution in [2.75, 3.05) is 52.6 Å². The van der Waals surface area contributed by atoms with Crippen LogP contribution in [0, 0.1) is 0 Å². The summed E-state index contributed by atoms with van der Waals surface area (Å²) in [5.41, 5.74) is 0.786. The lowest BCUT2D eigenvalue weighted by Crippen LogP contribution is -2.44. The summed E-state index contributed by atoms with van der Waals surface area (Å²) in [5, 5.41) is 3.04. The Labute approximate surface area is 138 Å². The van der Waals surface area contributed by atoms with E-state index in [-0.39, 0.29) is 5.91 Å². The second-order valence-electron chi connectivity index (χ2n) is 5.81. The third kappa shape index (κ3) is 5.30. The van der Waals surface area contributed by atoms with Crippen molar-refractivity contribution >= 4 is 17.7 Å². The van der Waals surface area contributed by atoms with Gasteiger partial charge in [0, 0.05) is 37.6 Å². The van der Waals surface area contributed by atoms with E-state index in [1.54, 1.807) is 11.8 Å². The Morgan fingerprint density at radius 3 is 2.64 bits per heavy atom. The van der Waals surface area contributed by atoms with Crippen LogP contribution in [0.5, 0.6) is 0 Å². The number of carbonyl (C=O) groups is 1. The van der Waals surface area contributed by atoms with Gasteiger partial charge in [-0.15, -0.1) is 11.8 Å². The summed E-state index contributed by atoms with van der Waals surface area (Å²) < 4.78 is 0. The van der Waals surface area contributed by atoms with Crippen molar-refractivity contribution in [1.82, 2.24) is 15.1 Å². The smallest absolute Gasteiger partial charge is 0.252 e. The Kier molecular flexibility index (Phi) is 7.22. The zero-order valence-electron chi connectivity index (χ0n) is 13.7. The number of unbranched alkanes of at least 4 members (excludes halogenated alkanes) is 1. The molecule has 1 aliphatic heterocycles. The third-order valence-corrected chi connectivity index (χ3v) is 4.93. The first kappa shape index (κ1) is 17.3. The van der Waals surface area contributed by atoms with Crippen LogP contribution in [0.4, 0.5) is 0 Å². The van der Waals surface area contributed by atoms with Crippen LogP contribution >= 0.6 is 11.8 Å². The van der Waals surface area contributed by atoms with Gasteiger partial charge < -0.3 is 15.1 Å². The SMILES string of the molecule is CSc1ccccc1C(=O)NCCCCN1CCN(C)CC1. The van der Waals surface area contributed by atoms with Gasteiger partial charge in [-0.25, -0.2) is 0 Å². The van der Waals surface area contributed by atoms with Gasteiger partial charge in [0.1, 0.15) is 0 Å². The van der Waals surface area contributed by atoms with E-state index in [2.05, 4.69) is 22.2 Å². The van der Waals surface area contributed by atoms with Crippen molar-refractivity contribution in [2.45, 2.75) is 17.7 Å². The number of hydrogen-bond donors (Lipinski definition) is 1. The molecule has 122 valence electrons. The third-order valence-electron chi connectivity index (χ3n) is 4.13. The normalized spacial score (nSPS) is 16.6. The standard InChI is InChI=1S/C17H27N3OS/c1-19-11-13-20(14-12-19)10-6-5-9-18-17(21)15-7-3-4-8-16(15)22-2/h3-4,7-8H,5-6,9-14H2,1-2H3,(H,18,21). The summed E-state index contributed by atoms with van der Waals surface area (Å²) in [6.45, 7) is 6.58. The number of rotatable bonds is 7. The molecule has 0 bridgehead atoms. The molecule has 4 nitrogen and oxygen atoms in total. The number of piperazine rings is 1. The second-order valence-corrected chi connectivity index (χ2v) is 6.66. The second kappa shape index (κ2) is 9.18. The molecular weight excluding hydrogens is 294 g/mol. The van der Waals surface area contributed by atoms with Gasteiger partial charge in [0.25, 0.3) is 5.91 Å². The summed E-state index contributed by atoms with van der Waals surface area (Å²) in [5.74, 6) is 0.0459. The molecule has 1 aliphatic rings. The van der Waals surface area contributed by atoms with Gasteiger partial charge in [0.2, 0.25) is 0 Å². The number of thioether (sulfide) groups is 1. The van der Waals surface area contributed by atoms with Gasteiger partial charge in [-0.2, -0.15) is 0 Å². The molecule has 1 aromatic carbocycles. The highest BCUT2D eigenvalue weighted by atomic mass is 32.2. The molecular formula is C17H27N3OS. The molecule has 0 atom stereocenters. The Morgan fingerprint density at radius 2 is 1.91 bits per heavy atom. The van der Waals surface area contributed by atoms with Crippen LogP contribution in [0.1, 0.15) is 23.2 Å². The Balaban J connectivity index is 1.63. The minimum absolute atomic E-state index is 0.0459. The van der Waals surface area contributed by atoms with Crippen molar-refractivity contribution in [3.8, 4) is 0 Å². The molecule has 1 heterocycles. The zero-order valence-corrected chi connectivity index (χ0v) is 14.5. The molecule has 0 aliphatic carbocycles. The quantitative estimate of drug-likeness (QED) is 0.617. The van der Waals surface area contributed by atoms with E-state index < -0.39 is 0 Å². The van der Waals surface area contributed by atoms with E-state index in [1.165, 1.54) is 26.2 Å². The largest absolute Gasteiger partial charge is 0.352 e. The Bertz CT molecular complexity index is 473. The summed E-state index contributed by atoms with van der Waals surface area (Å²) in [4.78, 5) is 18.1. The fourth-order valence-corrected chi connectivity index (χ4v) is 3.26. The van der Waals surface area contributed by atoms with E-state index >= 15 is 0 Å². The monoisotopic (exact) mass is 321 g/mol. The minimum atomic E-state index is 0.0459. The number of hydrogen-bond acceptors (Lipinski definition) is 4. The van der Waals surface area contributed by atoms with E-state index in [1.807, 2.05) is 30.5 Å². The highest BCUT2D eigenvalue weighted by Crippen LogP contribution is 2.19. The minimum Gasteiger partial charge on any atom is -0.352 e. The van der Waals surface area contributed by atoms with Gasteiger partial charge in [-0.1, -0.05) is 12.1 Å². The van der Waals surface area contributed by atoms with Crippen LogP contribution < -0.4 is 5.32 Å². The van der Waals surface area contributed by atoms with Crippen LogP contribution in [-0.4, -0.2) is 68.3 Å². The molecule has 0 radical (unpaired) electrons. The number of amides is 1. The zero-order chi connectivity index (χ0) is 15.8. The molecule has 1 N–H and O–H groups in total. The van der Waals surface area contributed by atoms with Gasteiger partial charge in [-0.05, 0) is 44.8 Å².